The van der Waals surface area contributed by atoms with E-state index in [4.69, 9.17) is 9.47 Å². The number of esters is 2. The SMILES string of the molecule is COC(=O)c1c(-c2ccc(N3CCN(Cc4ccccc4)CC3)c(C#N)c2)nn(-c2ccccc2)c1C(=O)OC. The molecule has 1 aliphatic rings. The molecule has 0 N–H and O–H groups in total. The number of hydrogen-bond donors (Lipinski definition) is 0. The predicted molar refractivity (Wildman–Crippen MR) is 150 cm³/mol. The normalized spacial score (nSPS) is 13.5. The van der Waals surface area contributed by atoms with Crippen molar-refractivity contribution in [2.24, 2.45) is 0 Å². The van der Waals surface area contributed by atoms with Crippen molar-refractivity contribution < 1.29 is 19.1 Å². The topological polar surface area (TPSA) is 101 Å². The summed E-state index contributed by atoms with van der Waals surface area (Å²) in [4.78, 5) is 30.4. The van der Waals surface area contributed by atoms with Crippen molar-refractivity contribution in [2.75, 3.05) is 45.3 Å². The van der Waals surface area contributed by atoms with Gasteiger partial charge in [0, 0.05) is 38.3 Å². The summed E-state index contributed by atoms with van der Waals surface area (Å²) in [5.74, 6) is -1.46. The minimum absolute atomic E-state index is 0.0237. The van der Waals surface area contributed by atoms with Crippen molar-refractivity contribution in [2.45, 2.75) is 6.54 Å². The Morgan fingerprint density at radius 2 is 1.52 bits per heavy atom. The van der Waals surface area contributed by atoms with E-state index in [9.17, 15) is 14.9 Å². The van der Waals surface area contributed by atoms with Gasteiger partial charge in [-0.25, -0.2) is 14.3 Å². The van der Waals surface area contributed by atoms with Crippen LogP contribution in [0.5, 0.6) is 0 Å². The molecule has 2 heterocycles. The molecule has 5 rings (SSSR count). The number of benzene rings is 3. The molecular formula is C31H29N5O4. The summed E-state index contributed by atoms with van der Waals surface area (Å²) in [5, 5.41) is 14.7. The van der Waals surface area contributed by atoms with Gasteiger partial charge < -0.3 is 14.4 Å². The highest BCUT2D eigenvalue weighted by Gasteiger charge is 2.32. The van der Waals surface area contributed by atoms with Gasteiger partial charge in [-0.3, -0.25) is 4.90 Å². The predicted octanol–water partition coefficient (Wildman–Crippen LogP) is 4.31. The Labute approximate surface area is 232 Å². The van der Waals surface area contributed by atoms with Gasteiger partial charge in [0.25, 0.3) is 0 Å². The molecule has 0 saturated carbocycles. The van der Waals surface area contributed by atoms with Crippen molar-refractivity contribution in [3.8, 4) is 23.0 Å². The van der Waals surface area contributed by atoms with Gasteiger partial charge >= 0.3 is 11.9 Å². The molecule has 3 aromatic carbocycles. The van der Waals surface area contributed by atoms with E-state index in [1.54, 1.807) is 30.3 Å². The van der Waals surface area contributed by atoms with Gasteiger partial charge in [0.15, 0.2) is 5.69 Å². The van der Waals surface area contributed by atoms with E-state index in [0.717, 1.165) is 38.4 Å². The molecule has 0 atom stereocenters. The first kappa shape index (κ1) is 26.7. The standard InChI is InChI=1S/C31H29N5O4/c1-39-30(37)27-28(33-36(29(27)31(38)40-2)25-11-7-4-8-12-25)23-13-14-26(24(19-23)20-32)35-17-15-34(16-18-35)21-22-9-5-3-6-10-22/h3-14,19H,15-18,21H2,1-2H3. The summed E-state index contributed by atoms with van der Waals surface area (Å²) in [6.07, 6.45) is 0. The largest absolute Gasteiger partial charge is 0.465 e. The van der Waals surface area contributed by atoms with Crippen LogP contribution in [0.15, 0.2) is 78.9 Å². The minimum atomic E-state index is -0.728. The van der Waals surface area contributed by atoms with Gasteiger partial charge in [-0.15, -0.1) is 0 Å². The number of ether oxygens (including phenoxy) is 2. The third kappa shape index (κ3) is 5.30. The van der Waals surface area contributed by atoms with Crippen molar-refractivity contribution >= 4 is 17.6 Å². The van der Waals surface area contributed by atoms with Crippen LogP contribution in [0.4, 0.5) is 5.69 Å². The van der Waals surface area contributed by atoms with Crippen LogP contribution in [-0.2, 0) is 16.0 Å². The van der Waals surface area contributed by atoms with Gasteiger partial charge in [-0.2, -0.15) is 10.4 Å². The maximum absolute atomic E-state index is 13.0. The lowest BCUT2D eigenvalue weighted by atomic mass is 10.0. The number of nitriles is 1. The van der Waals surface area contributed by atoms with Crippen molar-refractivity contribution in [1.29, 1.82) is 5.26 Å². The summed E-state index contributed by atoms with van der Waals surface area (Å²) < 4.78 is 11.4. The summed E-state index contributed by atoms with van der Waals surface area (Å²) in [5.41, 5.74) is 3.80. The number of hydrogen-bond acceptors (Lipinski definition) is 8. The van der Waals surface area contributed by atoms with E-state index < -0.39 is 11.9 Å². The lowest BCUT2D eigenvalue weighted by Crippen LogP contribution is -2.46. The molecule has 1 aromatic heterocycles. The Hall–Kier alpha value is -4.94. The van der Waals surface area contributed by atoms with Crippen LogP contribution in [0.2, 0.25) is 0 Å². The highest BCUT2D eigenvalue weighted by molar-refractivity contribution is 6.07. The Morgan fingerprint density at radius 1 is 0.875 bits per heavy atom. The first-order valence-electron chi connectivity index (χ1n) is 12.9. The lowest BCUT2D eigenvalue weighted by molar-refractivity contribution is 0.0549. The molecule has 1 fully saturated rings. The zero-order chi connectivity index (χ0) is 28.1. The van der Waals surface area contributed by atoms with Gasteiger partial charge in [0.05, 0.1) is 31.2 Å². The van der Waals surface area contributed by atoms with Crippen molar-refractivity contribution in [3.63, 3.8) is 0 Å². The third-order valence-electron chi connectivity index (χ3n) is 7.01. The number of nitrogens with zero attached hydrogens (tertiary/aromatic N) is 5. The summed E-state index contributed by atoms with van der Waals surface area (Å²) in [6.45, 7) is 4.20. The number of anilines is 1. The minimum Gasteiger partial charge on any atom is -0.465 e. The monoisotopic (exact) mass is 535 g/mol. The molecule has 0 unspecified atom stereocenters. The molecule has 0 amide bonds. The molecule has 0 radical (unpaired) electrons. The summed E-state index contributed by atoms with van der Waals surface area (Å²) >= 11 is 0. The van der Waals surface area contributed by atoms with Gasteiger partial charge in [0.1, 0.15) is 17.3 Å². The van der Waals surface area contributed by atoms with E-state index in [-0.39, 0.29) is 17.0 Å². The Bertz CT molecular complexity index is 1550. The van der Waals surface area contributed by atoms with E-state index in [2.05, 4.69) is 45.2 Å². The first-order valence-corrected chi connectivity index (χ1v) is 12.9. The third-order valence-corrected chi connectivity index (χ3v) is 7.01. The smallest absolute Gasteiger partial charge is 0.357 e. The zero-order valence-corrected chi connectivity index (χ0v) is 22.4. The number of carbonyl (C=O) groups excluding carboxylic acids is 2. The van der Waals surface area contributed by atoms with E-state index in [1.165, 1.54) is 24.5 Å². The summed E-state index contributed by atoms with van der Waals surface area (Å²) in [6, 6.07) is 27.1. The zero-order valence-electron chi connectivity index (χ0n) is 22.4. The van der Waals surface area contributed by atoms with Crippen LogP contribution in [0, 0.1) is 11.3 Å². The van der Waals surface area contributed by atoms with Gasteiger partial charge in [0.2, 0.25) is 0 Å². The van der Waals surface area contributed by atoms with Crippen LogP contribution in [-0.4, -0.2) is 67.0 Å². The van der Waals surface area contributed by atoms with E-state index in [1.807, 2.05) is 24.3 Å². The number of rotatable bonds is 7. The Balaban J connectivity index is 1.48. The molecule has 40 heavy (non-hydrogen) atoms. The number of para-hydroxylation sites is 1. The number of carbonyl (C=O) groups is 2. The Morgan fingerprint density at radius 3 is 2.15 bits per heavy atom. The lowest BCUT2D eigenvalue weighted by Gasteiger charge is -2.36. The van der Waals surface area contributed by atoms with Crippen LogP contribution in [0.3, 0.4) is 0 Å². The average Bonchev–Trinajstić information content (AvgIpc) is 3.42. The second kappa shape index (κ2) is 11.8. The molecule has 0 bridgehead atoms. The molecule has 1 saturated heterocycles. The fourth-order valence-corrected chi connectivity index (χ4v) is 4.99. The highest BCUT2D eigenvalue weighted by atomic mass is 16.5. The van der Waals surface area contributed by atoms with Crippen molar-refractivity contribution in [3.05, 3.63) is 101 Å². The molecule has 9 heteroatoms. The van der Waals surface area contributed by atoms with Crippen molar-refractivity contribution in [1.82, 2.24) is 14.7 Å². The maximum atomic E-state index is 13.0. The van der Waals surface area contributed by atoms with Crippen LogP contribution in [0.25, 0.3) is 16.9 Å². The molecule has 4 aromatic rings. The fourth-order valence-electron chi connectivity index (χ4n) is 4.99. The molecular weight excluding hydrogens is 506 g/mol. The van der Waals surface area contributed by atoms with E-state index >= 15 is 0 Å². The first-order chi connectivity index (χ1) is 19.5. The molecule has 1 aliphatic heterocycles. The number of piperazine rings is 1. The molecule has 9 nitrogen and oxygen atoms in total. The second-order valence-electron chi connectivity index (χ2n) is 9.40. The number of aromatic nitrogens is 2. The van der Waals surface area contributed by atoms with Gasteiger partial charge in [-0.05, 0) is 29.8 Å². The van der Waals surface area contributed by atoms with E-state index in [0.29, 0.717) is 16.8 Å². The van der Waals surface area contributed by atoms with Gasteiger partial charge in [-0.1, -0.05) is 54.6 Å². The Kier molecular flexibility index (Phi) is 7.89. The molecule has 202 valence electrons. The second-order valence-corrected chi connectivity index (χ2v) is 9.40. The van der Waals surface area contributed by atoms with Crippen LogP contribution >= 0.6 is 0 Å². The average molecular weight is 536 g/mol. The summed E-state index contributed by atoms with van der Waals surface area (Å²) in [7, 11) is 2.49. The quantitative estimate of drug-likeness (QED) is 0.323. The number of methoxy groups -OCH3 is 2. The highest BCUT2D eigenvalue weighted by Crippen LogP contribution is 2.33. The van der Waals surface area contributed by atoms with Crippen LogP contribution < -0.4 is 4.90 Å². The fraction of sp³-hybridized carbons (Fsp3) is 0.226. The molecule has 0 spiro atoms. The maximum Gasteiger partial charge on any atom is 0.357 e. The van der Waals surface area contributed by atoms with Crippen LogP contribution in [0.1, 0.15) is 32.0 Å². The molecule has 0 aliphatic carbocycles.